The number of aliphatic hydroxyl groups is 1. The van der Waals surface area contributed by atoms with Gasteiger partial charge in [-0.15, -0.1) is 6.42 Å². The van der Waals surface area contributed by atoms with E-state index < -0.39 is 0 Å². The number of fused-ring (bicyclic) bond motifs is 1. The smallest absolute Gasteiger partial charge is 0.267 e. The van der Waals surface area contributed by atoms with Crippen molar-refractivity contribution < 1.29 is 9.84 Å². The average Bonchev–Trinajstić information content (AvgIpc) is 2.83. The number of ether oxygens (including phenoxy) is 1. The Labute approximate surface area is 185 Å². The first-order chi connectivity index (χ1) is 15.5. The first-order valence-corrected chi connectivity index (χ1v) is 9.97. The Morgan fingerprint density at radius 2 is 1.97 bits per heavy atom. The fourth-order valence-corrected chi connectivity index (χ4v) is 3.59. The molecule has 158 valence electrons. The van der Waals surface area contributed by atoms with E-state index in [9.17, 15) is 9.90 Å². The van der Waals surface area contributed by atoms with Crippen LogP contribution in [0.25, 0.3) is 28.9 Å². The molecule has 0 aliphatic heterocycles. The van der Waals surface area contributed by atoms with Crippen LogP contribution in [0.2, 0.25) is 0 Å². The third-order valence-electron chi connectivity index (χ3n) is 5.12. The summed E-state index contributed by atoms with van der Waals surface area (Å²) in [6, 6.07) is 14.3. The number of rotatable bonds is 5. The number of aryl methyl sites for hydroxylation is 1. The van der Waals surface area contributed by atoms with Crippen LogP contribution in [0.1, 0.15) is 28.1 Å². The summed E-state index contributed by atoms with van der Waals surface area (Å²) >= 11 is 0. The van der Waals surface area contributed by atoms with E-state index >= 15 is 0 Å². The minimum absolute atomic E-state index is 0.148. The van der Waals surface area contributed by atoms with Gasteiger partial charge in [-0.1, -0.05) is 12.0 Å². The van der Waals surface area contributed by atoms with E-state index in [1.54, 1.807) is 61.9 Å². The number of terminal acetylenes is 1. The summed E-state index contributed by atoms with van der Waals surface area (Å²) < 4.78 is 7.02. The Balaban J connectivity index is 1.95. The molecule has 0 unspecified atom stereocenters. The van der Waals surface area contributed by atoms with Gasteiger partial charge >= 0.3 is 0 Å². The molecule has 0 radical (unpaired) electrons. The van der Waals surface area contributed by atoms with Gasteiger partial charge in [0.1, 0.15) is 11.6 Å². The van der Waals surface area contributed by atoms with Crippen molar-refractivity contribution in [1.29, 1.82) is 0 Å². The molecule has 0 amide bonds. The van der Waals surface area contributed by atoms with Gasteiger partial charge in [-0.3, -0.25) is 9.36 Å². The zero-order valence-corrected chi connectivity index (χ0v) is 17.7. The number of pyridine rings is 1. The average molecular weight is 423 g/mol. The highest BCUT2D eigenvalue weighted by atomic mass is 16.5. The molecule has 32 heavy (non-hydrogen) atoms. The maximum Gasteiger partial charge on any atom is 0.267 e. The van der Waals surface area contributed by atoms with Gasteiger partial charge in [0.15, 0.2) is 5.65 Å². The summed E-state index contributed by atoms with van der Waals surface area (Å²) in [5, 5.41) is 10.3. The van der Waals surface area contributed by atoms with Gasteiger partial charge in [0.25, 0.3) is 5.56 Å². The normalized spacial score (nSPS) is 11.1. The largest absolute Gasteiger partial charge is 0.496 e. The fraction of sp³-hybridized carbons (Fsp3) is 0.115. The van der Waals surface area contributed by atoms with Crippen LogP contribution >= 0.6 is 0 Å². The standard InChI is InChI=1S/C26H21N3O3/c1-4-18-7-9-20(10-8-18)29-24(28-25-22(26(29)31)6-5-13-27-25)12-11-21-19(16-30)14-17(2)15-23(21)32-3/h1,5-15,30H,16H2,2-3H3/b12-11+. The van der Waals surface area contributed by atoms with Gasteiger partial charge in [0, 0.05) is 17.3 Å². The van der Waals surface area contributed by atoms with Crippen molar-refractivity contribution in [3.63, 3.8) is 0 Å². The van der Waals surface area contributed by atoms with E-state index in [1.165, 1.54) is 4.57 Å². The van der Waals surface area contributed by atoms with Crippen LogP contribution in [0, 0.1) is 19.3 Å². The van der Waals surface area contributed by atoms with Crippen molar-refractivity contribution in [2.75, 3.05) is 7.11 Å². The quantitative estimate of drug-likeness (QED) is 0.495. The van der Waals surface area contributed by atoms with Gasteiger partial charge in [0.2, 0.25) is 0 Å². The second-order valence-electron chi connectivity index (χ2n) is 7.21. The van der Waals surface area contributed by atoms with Gasteiger partial charge < -0.3 is 9.84 Å². The van der Waals surface area contributed by atoms with E-state index in [-0.39, 0.29) is 12.2 Å². The molecule has 0 aliphatic carbocycles. The van der Waals surface area contributed by atoms with E-state index in [0.717, 1.165) is 5.56 Å². The molecule has 4 aromatic rings. The highest BCUT2D eigenvalue weighted by Gasteiger charge is 2.13. The molecule has 0 spiro atoms. The molecule has 0 saturated heterocycles. The van der Waals surface area contributed by atoms with E-state index in [0.29, 0.717) is 45.0 Å². The predicted octanol–water partition coefficient (Wildman–Crippen LogP) is 3.74. The lowest BCUT2D eigenvalue weighted by atomic mass is 10.0. The molecular formula is C26H21N3O3. The Kier molecular flexibility index (Phi) is 5.84. The van der Waals surface area contributed by atoms with Gasteiger partial charge in [-0.25, -0.2) is 9.97 Å². The lowest BCUT2D eigenvalue weighted by molar-refractivity contribution is 0.280. The molecule has 0 bridgehead atoms. The number of hydrogen-bond donors (Lipinski definition) is 1. The van der Waals surface area contributed by atoms with Crippen molar-refractivity contribution in [1.82, 2.24) is 14.5 Å². The summed E-state index contributed by atoms with van der Waals surface area (Å²) in [5.41, 5.74) is 3.86. The second-order valence-corrected chi connectivity index (χ2v) is 7.21. The number of aliphatic hydroxyl groups excluding tert-OH is 1. The van der Waals surface area contributed by atoms with Crippen LogP contribution in [0.5, 0.6) is 5.75 Å². The predicted molar refractivity (Wildman–Crippen MR) is 126 cm³/mol. The second kappa shape index (κ2) is 8.88. The number of hydrogen-bond acceptors (Lipinski definition) is 5. The molecule has 6 nitrogen and oxygen atoms in total. The monoisotopic (exact) mass is 423 g/mol. The number of aromatic nitrogens is 3. The third-order valence-corrected chi connectivity index (χ3v) is 5.12. The van der Waals surface area contributed by atoms with Gasteiger partial charge in [-0.2, -0.15) is 0 Å². The van der Waals surface area contributed by atoms with E-state index in [2.05, 4.69) is 15.9 Å². The lowest BCUT2D eigenvalue weighted by Gasteiger charge is -2.13. The number of methoxy groups -OCH3 is 1. The first-order valence-electron chi connectivity index (χ1n) is 9.97. The van der Waals surface area contributed by atoms with Crippen LogP contribution in [-0.4, -0.2) is 26.8 Å². The number of nitrogens with zero attached hydrogens (tertiary/aromatic N) is 3. The maximum atomic E-state index is 13.4. The summed E-state index contributed by atoms with van der Waals surface area (Å²) in [7, 11) is 1.58. The molecule has 4 rings (SSSR count). The summed E-state index contributed by atoms with van der Waals surface area (Å²) in [6.07, 6.45) is 10.6. The minimum Gasteiger partial charge on any atom is -0.496 e. The zero-order chi connectivity index (χ0) is 22.7. The zero-order valence-electron chi connectivity index (χ0n) is 17.7. The minimum atomic E-state index is -0.241. The van der Waals surface area contributed by atoms with Gasteiger partial charge in [-0.05, 0) is 72.7 Å². The van der Waals surface area contributed by atoms with Crippen LogP contribution in [-0.2, 0) is 6.61 Å². The number of benzene rings is 2. The van der Waals surface area contributed by atoms with E-state index in [4.69, 9.17) is 11.2 Å². The highest BCUT2D eigenvalue weighted by Crippen LogP contribution is 2.27. The molecule has 0 saturated carbocycles. The van der Waals surface area contributed by atoms with Crippen molar-refractivity contribution in [3.8, 4) is 23.8 Å². The molecule has 0 fully saturated rings. The third kappa shape index (κ3) is 3.89. The maximum absolute atomic E-state index is 13.4. The summed E-state index contributed by atoms with van der Waals surface area (Å²) in [5.74, 6) is 3.59. The Bertz CT molecular complexity index is 1400. The van der Waals surface area contributed by atoms with Crippen molar-refractivity contribution >= 4 is 23.2 Å². The van der Waals surface area contributed by atoms with Gasteiger partial charge in [0.05, 0.1) is 24.8 Å². The molecule has 2 heterocycles. The van der Waals surface area contributed by atoms with Crippen molar-refractivity contribution in [2.24, 2.45) is 0 Å². The Morgan fingerprint density at radius 1 is 1.19 bits per heavy atom. The highest BCUT2D eigenvalue weighted by molar-refractivity contribution is 5.78. The molecular weight excluding hydrogens is 402 g/mol. The van der Waals surface area contributed by atoms with Crippen LogP contribution in [0.4, 0.5) is 0 Å². The van der Waals surface area contributed by atoms with Crippen LogP contribution < -0.4 is 10.3 Å². The van der Waals surface area contributed by atoms with E-state index in [1.807, 2.05) is 19.1 Å². The summed E-state index contributed by atoms with van der Waals surface area (Å²) in [4.78, 5) is 22.2. The summed E-state index contributed by atoms with van der Waals surface area (Å²) in [6.45, 7) is 1.79. The topological polar surface area (TPSA) is 77.2 Å². The molecule has 0 aliphatic rings. The fourth-order valence-electron chi connectivity index (χ4n) is 3.59. The SMILES string of the molecule is C#Cc1ccc(-n2c(/C=C/c3c(CO)cc(C)cc3OC)nc3ncccc3c2=O)cc1. The Morgan fingerprint density at radius 3 is 2.66 bits per heavy atom. The Hall–Kier alpha value is -4.21. The lowest BCUT2D eigenvalue weighted by Crippen LogP contribution is -2.22. The van der Waals surface area contributed by atoms with Crippen LogP contribution in [0.15, 0.2) is 59.5 Å². The molecule has 1 N–H and O–H groups in total. The van der Waals surface area contributed by atoms with Crippen molar-refractivity contribution in [2.45, 2.75) is 13.5 Å². The first kappa shape index (κ1) is 21.0. The van der Waals surface area contributed by atoms with Crippen LogP contribution in [0.3, 0.4) is 0 Å². The molecule has 6 heteroatoms. The molecule has 2 aromatic carbocycles. The molecule has 0 atom stereocenters. The molecule has 2 aromatic heterocycles. The van der Waals surface area contributed by atoms with Crippen molar-refractivity contribution in [3.05, 3.63) is 93.2 Å².